The lowest BCUT2D eigenvalue weighted by molar-refractivity contribution is 0.750. The van der Waals surface area contributed by atoms with E-state index in [2.05, 4.69) is 30.9 Å². The van der Waals surface area contributed by atoms with Crippen LogP contribution in [0.3, 0.4) is 0 Å². The lowest BCUT2D eigenvalue weighted by Crippen LogP contribution is -1.93. The van der Waals surface area contributed by atoms with Crippen molar-refractivity contribution in [2.24, 2.45) is 7.05 Å². The number of hydrogen-bond donors (Lipinski definition) is 0. The first-order valence-electron chi connectivity index (χ1n) is 4.39. The minimum absolute atomic E-state index is 0.504. The minimum atomic E-state index is 0.504. The van der Waals surface area contributed by atoms with E-state index < -0.39 is 0 Å². The molecular formula is C9H13N3S. The Bertz CT molecular complexity index is 439. The van der Waals surface area contributed by atoms with Crippen molar-refractivity contribution in [3.05, 3.63) is 10.7 Å². The van der Waals surface area contributed by atoms with Gasteiger partial charge in [-0.05, 0) is 6.92 Å². The van der Waals surface area contributed by atoms with E-state index in [4.69, 9.17) is 0 Å². The van der Waals surface area contributed by atoms with Crippen LogP contribution in [-0.4, -0.2) is 14.8 Å². The molecule has 2 aromatic heterocycles. The SMILES string of the molecule is Cc1c2nc(C(C)C)sc2nn1C. The van der Waals surface area contributed by atoms with E-state index >= 15 is 0 Å². The smallest absolute Gasteiger partial charge is 0.165 e. The van der Waals surface area contributed by atoms with Gasteiger partial charge in [-0.2, -0.15) is 5.10 Å². The Hall–Kier alpha value is -0.900. The summed E-state index contributed by atoms with van der Waals surface area (Å²) in [7, 11) is 1.96. The first kappa shape index (κ1) is 8.69. The summed E-state index contributed by atoms with van der Waals surface area (Å²) in [6.07, 6.45) is 0. The fourth-order valence-corrected chi connectivity index (χ4v) is 2.27. The van der Waals surface area contributed by atoms with Crippen LogP contribution in [0.25, 0.3) is 10.3 Å². The molecule has 0 spiro atoms. The zero-order valence-corrected chi connectivity index (χ0v) is 9.14. The van der Waals surface area contributed by atoms with Crippen LogP contribution in [-0.2, 0) is 7.05 Å². The maximum Gasteiger partial charge on any atom is 0.165 e. The fourth-order valence-electron chi connectivity index (χ4n) is 1.24. The summed E-state index contributed by atoms with van der Waals surface area (Å²) in [5.41, 5.74) is 2.22. The van der Waals surface area contributed by atoms with Gasteiger partial charge in [0.15, 0.2) is 4.83 Å². The van der Waals surface area contributed by atoms with E-state index in [0.29, 0.717) is 5.92 Å². The summed E-state index contributed by atoms with van der Waals surface area (Å²) in [4.78, 5) is 5.63. The highest BCUT2D eigenvalue weighted by Crippen LogP contribution is 2.27. The third-order valence-corrected chi connectivity index (χ3v) is 3.43. The molecule has 0 N–H and O–H groups in total. The van der Waals surface area contributed by atoms with Gasteiger partial charge in [-0.3, -0.25) is 4.68 Å². The fraction of sp³-hybridized carbons (Fsp3) is 0.556. The van der Waals surface area contributed by atoms with Gasteiger partial charge >= 0.3 is 0 Å². The zero-order chi connectivity index (χ0) is 9.59. The molecule has 0 unspecified atom stereocenters. The molecule has 3 nitrogen and oxygen atoms in total. The van der Waals surface area contributed by atoms with Gasteiger partial charge in [0.2, 0.25) is 0 Å². The second-order valence-electron chi connectivity index (χ2n) is 3.57. The number of fused-ring (bicyclic) bond motifs is 1. The van der Waals surface area contributed by atoms with Gasteiger partial charge in [0.05, 0.1) is 10.7 Å². The topological polar surface area (TPSA) is 30.7 Å². The largest absolute Gasteiger partial charge is 0.269 e. The molecule has 2 heterocycles. The number of rotatable bonds is 1. The average molecular weight is 195 g/mol. The molecule has 0 fully saturated rings. The van der Waals surface area contributed by atoms with Crippen LogP contribution in [0.5, 0.6) is 0 Å². The minimum Gasteiger partial charge on any atom is -0.269 e. The third-order valence-electron chi connectivity index (χ3n) is 2.19. The molecule has 2 aromatic rings. The highest BCUT2D eigenvalue weighted by atomic mass is 32.1. The Morgan fingerprint density at radius 3 is 2.62 bits per heavy atom. The van der Waals surface area contributed by atoms with E-state index in [1.165, 1.54) is 5.01 Å². The van der Waals surface area contributed by atoms with Crippen LogP contribution in [0, 0.1) is 6.92 Å². The Morgan fingerprint density at radius 1 is 1.38 bits per heavy atom. The molecule has 0 bridgehead atoms. The maximum absolute atomic E-state index is 4.57. The van der Waals surface area contributed by atoms with Crippen molar-refractivity contribution in [1.29, 1.82) is 0 Å². The summed E-state index contributed by atoms with van der Waals surface area (Å²) in [5, 5.41) is 5.57. The van der Waals surface area contributed by atoms with Crippen molar-refractivity contribution < 1.29 is 0 Å². The van der Waals surface area contributed by atoms with Gasteiger partial charge in [-0.1, -0.05) is 25.2 Å². The van der Waals surface area contributed by atoms with E-state index in [0.717, 1.165) is 16.0 Å². The Labute approximate surface area is 81.4 Å². The molecule has 0 amide bonds. The van der Waals surface area contributed by atoms with Crippen molar-refractivity contribution in [3.63, 3.8) is 0 Å². The molecule has 0 saturated heterocycles. The molecule has 0 aromatic carbocycles. The van der Waals surface area contributed by atoms with E-state index in [9.17, 15) is 0 Å². The highest BCUT2D eigenvalue weighted by molar-refractivity contribution is 7.18. The summed E-state index contributed by atoms with van der Waals surface area (Å²) in [5.74, 6) is 0.504. The second kappa shape index (κ2) is 2.80. The Morgan fingerprint density at radius 2 is 2.08 bits per heavy atom. The first-order chi connectivity index (χ1) is 6.09. The predicted octanol–water partition coefficient (Wildman–Crippen LogP) is 2.46. The molecule has 0 saturated carbocycles. The maximum atomic E-state index is 4.57. The van der Waals surface area contributed by atoms with Crippen LogP contribution in [0.2, 0.25) is 0 Å². The summed E-state index contributed by atoms with van der Waals surface area (Å²) in [6, 6.07) is 0. The zero-order valence-electron chi connectivity index (χ0n) is 8.33. The Kier molecular flexibility index (Phi) is 1.87. The molecule has 0 radical (unpaired) electrons. The van der Waals surface area contributed by atoms with Crippen molar-refractivity contribution in [3.8, 4) is 0 Å². The van der Waals surface area contributed by atoms with Gasteiger partial charge in [-0.25, -0.2) is 4.98 Å². The predicted molar refractivity (Wildman–Crippen MR) is 55.2 cm³/mol. The molecule has 0 aliphatic heterocycles. The molecule has 0 aliphatic carbocycles. The van der Waals surface area contributed by atoms with E-state index in [1.807, 2.05) is 11.7 Å². The van der Waals surface area contributed by atoms with Gasteiger partial charge in [0, 0.05) is 13.0 Å². The second-order valence-corrected chi connectivity index (χ2v) is 4.58. The van der Waals surface area contributed by atoms with Crippen molar-refractivity contribution in [2.45, 2.75) is 26.7 Å². The van der Waals surface area contributed by atoms with Crippen LogP contribution in [0.15, 0.2) is 0 Å². The van der Waals surface area contributed by atoms with Crippen LogP contribution < -0.4 is 0 Å². The summed E-state index contributed by atoms with van der Waals surface area (Å²) < 4.78 is 1.89. The quantitative estimate of drug-likeness (QED) is 0.699. The first-order valence-corrected chi connectivity index (χ1v) is 5.21. The monoisotopic (exact) mass is 195 g/mol. The number of aromatic nitrogens is 3. The normalized spacial score (nSPS) is 11.8. The summed E-state index contributed by atoms with van der Waals surface area (Å²) >= 11 is 1.70. The number of aryl methyl sites for hydroxylation is 2. The van der Waals surface area contributed by atoms with Gasteiger partial charge in [0.1, 0.15) is 5.52 Å². The molecule has 0 atom stereocenters. The van der Waals surface area contributed by atoms with Crippen molar-refractivity contribution in [2.75, 3.05) is 0 Å². The van der Waals surface area contributed by atoms with Gasteiger partial charge < -0.3 is 0 Å². The standard InChI is InChI=1S/C9H13N3S/c1-5(2)8-10-7-6(3)12(4)11-9(7)13-8/h5H,1-4H3. The number of thiazole rings is 1. The highest BCUT2D eigenvalue weighted by Gasteiger charge is 2.12. The lowest BCUT2D eigenvalue weighted by Gasteiger charge is -1.96. The van der Waals surface area contributed by atoms with Gasteiger partial charge in [0.25, 0.3) is 0 Å². The van der Waals surface area contributed by atoms with Crippen LogP contribution >= 0.6 is 11.3 Å². The average Bonchev–Trinajstić information content (AvgIpc) is 2.55. The molecule has 0 aliphatic rings. The van der Waals surface area contributed by atoms with E-state index in [-0.39, 0.29) is 0 Å². The summed E-state index contributed by atoms with van der Waals surface area (Å²) in [6.45, 7) is 6.37. The number of hydrogen-bond acceptors (Lipinski definition) is 3. The third kappa shape index (κ3) is 1.25. The molecule has 70 valence electrons. The van der Waals surface area contributed by atoms with Crippen molar-refractivity contribution >= 4 is 21.7 Å². The molecule has 4 heteroatoms. The Balaban J connectivity index is 2.65. The van der Waals surface area contributed by atoms with E-state index in [1.54, 1.807) is 11.3 Å². The number of nitrogens with zero attached hydrogens (tertiary/aromatic N) is 3. The van der Waals surface area contributed by atoms with Crippen molar-refractivity contribution in [1.82, 2.24) is 14.8 Å². The lowest BCUT2D eigenvalue weighted by atomic mass is 10.2. The molecular weight excluding hydrogens is 182 g/mol. The van der Waals surface area contributed by atoms with Crippen LogP contribution in [0.4, 0.5) is 0 Å². The van der Waals surface area contributed by atoms with Crippen LogP contribution in [0.1, 0.15) is 30.5 Å². The van der Waals surface area contributed by atoms with Gasteiger partial charge in [-0.15, -0.1) is 0 Å². The molecule has 13 heavy (non-hydrogen) atoms. The molecule has 2 rings (SSSR count).